The Morgan fingerprint density at radius 2 is 1.82 bits per heavy atom. The molecule has 0 saturated carbocycles. The van der Waals surface area contributed by atoms with Crippen LogP contribution in [0.5, 0.6) is 0 Å². The minimum absolute atomic E-state index is 0.357. The molecule has 0 heterocycles. The smallest absolute Gasteiger partial charge is 0.0593 e. The molecule has 17 heavy (non-hydrogen) atoms. The Kier molecular flexibility index (Phi) is 2.00. The van der Waals surface area contributed by atoms with Crippen LogP contribution in [0.25, 0.3) is 15.7 Å². The first kappa shape index (κ1) is 10.3. The van der Waals surface area contributed by atoms with E-state index in [1.54, 1.807) is 0 Å². The summed E-state index contributed by atoms with van der Waals surface area (Å²) in [5, 5.41) is 11.2. The Labute approximate surface area is 101 Å². The first-order valence-electron chi connectivity index (χ1n) is 5.99. The van der Waals surface area contributed by atoms with Crippen LogP contribution in [0.4, 0.5) is 5.69 Å². The lowest BCUT2D eigenvalue weighted by atomic mass is 9.90. The molecule has 2 heteroatoms. The van der Waals surface area contributed by atoms with Crippen LogP contribution in [-0.2, 0) is 12.8 Å². The summed E-state index contributed by atoms with van der Waals surface area (Å²) < 4.78 is 0. The van der Waals surface area contributed by atoms with Crippen LogP contribution in [0.2, 0.25) is 0 Å². The Balaban J connectivity index is 2.28. The molecule has 2 nitrogen and oxygen atoms in total. The van der Waals surface area contributed by atoms with Crippen molar-refractivity contribution in [3.8, 4) is 0 Å². The highest BCUT2D eigenvalue weighted by Gasteiger charge is 2.29. The number of hydrogen-bond acceptors (Lipinski definition) is 1. The molecule has 0 N–H and O–H groups in total. The summed E-state index contributed by atoms with van der Waals surface area (Å²) in [6, 6.07) is 10.3. The maximum atomic E-state index is 9.01. The van der Waals surface area contributed by atoms with Gasteiger partial charge in [0, 0.05) is 6.07 Å². The Bertz CT molecular complexity index is 648. The average Bonchev–Trinajstić information content (AvgIpc) is 2.57. The van der Waals surface area contributed by atoms with Crippen LogP contribution < -0.4 is 0 Å². The van der Waals surface area contributed by atoms with E-state index in [2.05, 4.69) is 37.0 Å². The highest BCUT2D eigenvalue weighted by Crippen LogP contribution is 2.39. The van der Waals surface area contributed by atoms with Gasteiger partial charge in [0.2, 0.25) is 5.39 Å². The molecule has 0 radical (unpaired) electrons. The van der Waals surface area contributed by atoms with E-state index in [0.29, 0.717) is 11.1 Å². The number of benzene rings is 2. The van der Waals surface area contributed by atoms with Crippen molar-refractivity contribution in [3.63, 3.8) is 0 Å². The van der Waals surface area contributed by atoms with Gasteiger partial charge < -0.3 is 0 Å². The minimum Gasteiger partial charge on any atom is -0.0593 e. The normalized spacial score (nSPS) is 16.8. The molecule has 0 spiro atoms. The van der Waals surface area contributed by atoms with Crippen molar-refractivity contribution in [1.29, 1.82) is 5.39 Å². The topological polar surface area (TPSA) is 28.1 Å². The summed E-state index contributed by atoms with van der Waals surface area (Å²) >= 11 is 0. The molecule has 1 aliphatic rings. The van der Waals surface area contributed by atoms with E-state index < -0.39 is 0 Å². The third-order valence-corrected chi connectivity index (χ3v) is 3.62. The van der Waals surface area contributed by atoms with Crippen LogP contribution in [0, 0.1) is 10.8 Å². The fraction of sp³-hybridized carbons (Fsp3) is 0.333. The summed E-state index contributed by atoms with van der Waals surface area (Å²) in [6.45, 7) is 4.60. The van der Waals surface area contributed by atoms with Crippen LogP contribution in [-0.4, -0.2) is 0 Å². The Hall–Kier alpha value is -1.88. The van der Waals surface area contributed by atoms with Crippen LogP contribution >= 0.6 is 0 Å². The number of hydrogen-bond donors (Lipinski definition) is 0. The van der Waals surface area contributed by atoms with Gasteiger partial charge in [-0.05, 0) is 40.8 Å². The molecular formula is C15H15N2+. The summed E-state index contributed by atoms with van der Waals surface area (Å²) in [5.74, 6) is 0. The molecule has 0 aromatic heterocycles. The lowest BCUT2D eigenvalue weighted by Gasteiger charge is -2.14. The zero-order valence-corrected chi connectivity index (χ0v) is 10.2. The lowest BCUT2D eigenvalue weighted by Crippen LogP contribution is -2.09. The van der Waals surface area contributed by atoms with Crippen LogP contribution in [0.1, 0.15) is 25.0 Å². The molecule has 0 saturated heterocycles. The molecule has 2 aromatic carbocycles. The van der Waals surface area contributed by atoms with Gasteiger partial charge in [0.05, 0.1) is 5.39 Å². The maximum absolute atomic E-state index is 9.01. The second kappa shape index (κ2) is 3.30. The van der Waals surface area contributed by atoms with Crippen molar-refractivity contribution in [2.75, 3.05) is 0 Å². The number of nitrogens with zero attached hydrogens (tertiary/aromatic N) is 2. The molecule has 0 unspecified atom stereocenters. The fourth-order valence-corrected chi connectivity index (χ4v) is 2.91. The van der Waals surface area contributed by atoms with Gasteiger partial charge in [-0.2, -0.15) is 0 Å². The molecule has 0 amide bonds. The van der Waals surface area contributed by atoms with Gasteiger partial charge in [-0.15, -0.1) is 0 Å². The van der Waals surface area contributed by atoms with Crippen LogP contribution in [0.15, 0.2) is 30.3 Å². The standard InChI is InChI=1S/C15H15N2/c1-15(2)8-11-6-10-4-3-5-14(17-16)13(10)7-12(11)9-15/h3-7H,8-9H2,1-2H3/q+1. The third-order valence-electron chi connectivity index (χ3n) is 3.62. The predicted octanol–water partition coefficient (Wildman–Crippen LogP) is 4.45. The van der Waals surface area contributed by atoms with Crippen LogP contribution in [0.3, 0.4) is 0 Å². The highest BCUT2D eigenvalue weighted by atomic mass is 14.8. The van der Waals surface area contributed by atoms with E-state index in [1.807, 2.05) is 12.1 Å². The molecule has 2 aromatic rings. The molecule has 3 rings (SSSR count). The van der Waals surface area contributed by atoms with E-state index >= 15 is 0 Å². The van der Waals surface area contributed by atoms with E-state index in [1.165, 1.54) is 11.1 Å². The molecule has 0 atom stereocenters. The Morgan fingerprint density at radius 1 is 1.12 bits per heavy atom. The quantitative estimate of drug-likeness (QED) is 0.606. The predicted molar refractivity (Wildman–Crippen MR) is 69.9 cm³/mol. The average molecular weight is 223 g/mol. The molecule has 0 fully saturated rings. The minimum atomic E-state index is 0.357. The maximum Gasteiger partial charge on any atom is 0.392 e. The zero-order chi connectivity index (χ0) is 12.0. The number of diazo groups is 1. The first-order chi connectivity index (χ1) is 8.09. The summed E-state index contributed by atoms with van der Waals surface area (Å²) in [6.07, 6.45) is 2.25. The Morgan fingerprint density at radius 3 is 2.53 bits per heavy atom. The SMILES string of the molecule is CC1(C)Cc2cc3cccc([N+]#N)c3cc2C1. The molecule has 0 bridgehead atoms. The van der Waals surface area contributed by atoms with Gasteiger partial charge in [0.1, 0.15) is 0 Å². The summed E-state index contributed by atoms with van der Waals surface area (Å²) in [4.78, 5) is 3.36. The van der Waals surface area contributed by atoms with Crippen molar-refractivity contribution in [2.45, 2.75) is 26.7 Å². The molecular weight excluding hydrogens is 208 g/mol. The largest absolute Gasteiger partial charge is 0.392 e. The molecule has 1 aliphatic carbocycles. The molecule has 84 valence electrons. The lowest BCUT2D eigenvalue weighted by molar-refractivity contribution is 0.392. The van der Waals surface area contributed by atoms with Crippen molar-refractivity contribution in [1.82, 2.24) is 0 Å². The van der Waals surface area contributed by atoms with Crippen molar-refractivity contribution in [2.24, 2.45) is 5.41 Å². The van der Waals surface area contributed by atoms with Gasteiger partial charge in [0.25, 0.3) is 0 Å². The second-order valence-corrected chi connectivity index (χ2v) is 5.74. The van der Waals surface area contributed by atoms with Gasteiger partial charge in [-0.1, -0.05) is 32.0 Å². The van der Waals surface area contributed by atoms with Crippen molar-refractivity contribution >= 4 is 16.5 Å². The second-order valence-electron chi connectivity index (χ2n) is 5.74. The highest BCUT2D eigenvalue weighted by molar-refractivity contribution is 5.95. The van der Waals surface area contributed by atoms with Gasteiger partial charge in [-0.25, -0.2) is 0 Å². The third kappa shape index (κ3) is 1.59. The number of fused-ring (bicyclic) bond motifs is 2. The number of rotatable bonds is 0. The molecule has 0 aliphatic heterocycles. The van der Waals surface area contributed by atoms with Gasteiger partial charge in [0.15, 0.2) is 4.98 Å². The van der Waals surface area contributed by atoms with Gasteiger partial charge >= 0.3 is 5.69 Å². The monoisotopic (exact) mass is 223 g/mol. The first-order valence-corrected chi connectivity index (χ1v) is 5.99. The van der Waals surface area contributed by atoms with E-state index in [9.17, 15) is 0 Å². The van der Waals surface area contributed by atoms with E-state index in [4.69, 9.17) is 5.39 Å². The fourth-order valence-electron chi connectivity index (χ4n) is 2.91. The van der Waals surface area contributed by atoms with E-state index in [0.717, 1.165) is 23.6 Å². The summed E-state index contributed by atoms with van der Waals surface area (Å²) in [5.41, 5.74) is 3.86. The van der Waals surface area contributed by atoms with E-state index in [-0.39, 0.29) is 0 Å². The van der Waals surface area contributed by atoms with Crippen molar-refractivity contribution in [3.05, 3.63) is 46.4 Å². The van der Waals surface area contributed by atoms with Gasteiger partial charge in [-0.3, -0.25) is 0 Å². The van der Waals surface area contributed by atoms with Crippen molar-refractivity contribution < 1.29 is 0 Å². The zero-order valence-electron chi connectivity index (χ0n) is 10.2. The summed E-state index contributed by atoms with van der Waals surface area (Å²) in [7, 11) is 0.